The number of hydrogen-bond donors (Lipinski definition) is 3. The maximum atomic E-state index is 11.6. The van der Waals surface area contributed by atoms with Crippen molar-refractivity contribution < 1.29 is 14.6 Å². The maximum Gasteiger partial charge on any atom is 0.314 e. The van der Waals surface area contributed by atoms with Gasteiger partial charge in [0.25, 0.3) is 0 Å². The lowest BCUT2D eigenvalue weighted by Crippen LogP contribution is -2.65. The molecule has 104 valence electrons. The van der Waals surface area contributed by atoms with E-state index >= 15 is 0 Å². The Morgan fingerprint density at radius 1 is 1.44 bits per heavy atom. The Morgan fingerprint density at radius 3 is 2.61 bits per heavy atom. The fourth-order valence-electron chi connectivity index (χ4n) is 2.59. The first-order valence-corrected chi connectivity index (χ1v) is 10.3. The summed E-state index contributed by atoms with van der Waals surface area (Å²) in [5.41, 5.74) is -0.775. The van der Waals surface area contributed by atoms with Gasteiger partial charge in [0.05, 0.1) is 6.61 Å². The topological polar surface area (TPSA) is 70.6 Å². The summed E-state index contributed by atoms with van der Waals surface area (Å²) >= 11 is 0. The van der Waals surface area contributed by atoms with Crippen molar-refractivity contribution in [2.45, 2.75) is 37.8 Å². The van der Waals surface area contributed by atoms with Gasteiger partial charge in [-0.25, -0.2) is 0 Å². The molecule has 0 aromatic carbocycles. The molecular formula is C12H24N2O3Si. The zero-order valence-electron chi connectivity index (χ0n) is 11.5. The largest absolute Gasteiger partial charge is 0.481 e. The lowest BCUT2D eigenvalue weighted by atomic mass is 9.78. The highest BCUT2D eigenvalue weighted by atomic mass is 28.3. The third-order valence-corrected chi connectivity index (χ3v) is 5.72. The van der Waals surface area contributed by atoms with E-state index in [9.17, 15) is 9.90 Å². The second-order valence-corrected chi connectivity index (χ2v) is 12.3. The van der Waals surface area contributed by atoms with Gasteiger partial charge in [0.15, 0.2) is 0 Å². The summed E-state index contributed by atoms with van der Waals surface area (Å²) in [5, 5.41) is 16.0. The minimum atomic E-state index is -1.11. The van der Waals surface area contributed by atoms with Crippen LogP contribution in [0.5, 0.6) is 0 Å². The molecule has 0 aromatic heterocycles. The molecule has 5 nitrogen and oxygen atoms in total. The smallest absolute Gasteiger partial charge is 0.314 e. The highest BCUT2D eigenvalue weighted by Gasteiger charge is 2.57. The fraction of sp³-hybridized carbons (Fsp3) is 0.917. The molecule has 3 N–H and O–H groups in total. The van der Waals surface area contributed by atoms with Crippen LogP contribution in [-0.2, 0) is 9.53 Å². The fourth-order valence-corrected chi connectivity index (χ4v) is 3.35. The van der Waals surface area contributed by atoms with E-state index in [0.717, 1.165) is 12.6 Å². The van der Waals surface area contributed by atoms with E-state index in [1.165, 1.54) is 0 Å². The van der Waals surface area contributed by atoms with E-state index in [1.54, 1.807) is 0 Å². The maximum absolute atomic E-state index is 11.6. The van der Waals surface area contributed by atoms with E-state index in [4.69, 9.17) is 4.74 Å². The number of carboxylic acids is 1. The second-order valence-electron chi connectivity index (χ2n) is 6.70. The van der Waals surface area contributed by atoms with Crippen molar-refractivity contribution >= 4 is 14.0 Å². The molecule has 18 heavy (non-hydrogen) atoms. The molecular weight excluding hydrogens is 248 g/mol. The SMILES string of the molecule is C[Si](C)(C)CCOCC1(C(=O)O)CNC2CNC21. The van der Waals surface area contributed by atoms with Gasteiger partial charge in [-0.2, -0.15) is 0 Å². The molecule has 2 saturated heterocycles. The van der Waals surface area contributed by atoms with E-state index in [-0.39, 0.29) is 6.04 Å². The van der Waals surface area contributed by atoms with Gasteiger partial charge in [-0.05, 0) is 6.04 Å². The zero-order valence-corrected chi connectivity index (χ0v) is 12.5. The van der Waals surface area contributed by atoms with Gasteiger partial charge >= 0.3 is 5.97 Å². The number of hydrogen-bond acceptors (Lipinski definition) is 4. The molecule has 0 radical (unpaired) electrons. The summed E-state index contributed by atoms with van der Waals surface area (Å²) < 4.78 is 5.68. The molecule has 0 bridgehead atoms. The van der Waals surface area contributed by atoms with Crippen molar-refractivity contribution in [2.75, 3.05) is 26.3 Å². The van der Waals surface area contributed by atoms with Crippen molar-refractivity contribution in [3.63, 3.8) is 0 Å². The Hall–Kier alpha value is -0.433. The normalized spacial score (nSPS) is 35.1. The van der Waals surface area contributed by atoms with E-state index in [2.05, 4.69) is 30.3 Å². The van der Waals surface area contributed by atoms with Crippen LogP contribution < -0.4 is 10.6 Å². The van der Waals surface area contributed by atoms with Gasteiger partial charge in [-0.15, -0.1) is 0 Å². The third-order valence-electron chi connectivity index (χ3n) is 4.02. The van der Waals surface area contributed by atoms with Crippen LogP contribution >= 0.6 is 0 Å². The molecule has 2 aliphatic heterocycles. The van der Waals surface area contributed by atoms with Crippen LogP contribution in [0.25, 0.3) is 0 Å². The first-order valence-electron chi connectivity index (χ1n) is 6.63. The molecule has 2 rings (SSSR count). The average molecular weight is 272 g/mol. The molecule has 3 unspecified atom stereocenters. The lowest BCUT2D eigenvalue weighted by Gasteiger charge is -2.40. The van der Waals surface area contributed by atoms with E-state index in [1.807, 2.05) is 0 Å². The molecule has 0 saturated carbocycles. The number of carbonyl (C=O) groups is 1. The Balaban J connectivity index is 1.86. The minimum absolute atomic E-state index is 0.0295. The Labute approximate surface area is 109 Å². The summed E-state index contributed by atoms with van der Waals surface area (Å²) in [7, 11) is -1.11. The minimum Gasteiger partial charge on any atom is -0.481 e. The summed E-state index contributed by atoms with van der Waals surface area (Å²) in [6, 6.07) is 1.42. The highest BCUT2D eigenvalue weighted by Crippen LogP contribution is 2.34. The van der Waals surface area contributed by atoms with Crippen molar-refractivity contribution in [3.8, 4) is 0 Å². The van der Waals surface area contributed by atoms with Crippen LogP contribution in [0, 0.1) is 5.41 Å². The predicted octanol–water partition coefficient (Wildman–Crippen LogP) is 0.356. The molecule has 2 aliphatic rings. The summed E-state index contributed by atoms with van der Waals surface area (Å²) in [4.78, 5) is 11.6. The van der Waals surface area contributed by atoms with Gasteiger partial charge in [-0.3, -0.25) is 4.79 Å². The molecule has 6 heteroatoms. The average Bonchev–Trinajstić information content (AvgIpc) is 2.44. The lowest BCUT2D eigenvalue weighted by molar-refractivity contribution is -0.154. The van der Waals surface area contributed by atoms with Crippen LogP contribution in [0.2, 0.25) is 25.7 Å². The van der Waals surface area contributed by atoms with Crippen LogP contribution in [-0.4, -0.2) is 57.5 Å². The van der Waals surface area contributed by atoms with Gasteiger partial charge < -0.3 is 20.5 Å². The molecule has 0 aromatic rings. The number of carboxylic acid groups (broad SMARTS) is 1. The number of rotatable bonds is 6. The Morgan fingerprint density at radius 2 is 2.17 bits per heavy atom. The molecule has 0 spiro atoms. The van der Waals surface area contributed by atoms with Crippen molar-refractivity contribution in [2.24, 2.45) is 5.41 Å². The molecule has 2 fully saturated rings. The summed E-state index contributed by atoms with van der Waals surface area (Å²) in [6.45, 7) is 9.26. The van der Waals surface area contributed by atoms with E-state index < -0.39 is 19.5 Å². The van der Waals surface area contributed by atoms with Gasteiger partial charge in [0, 0.05) is 39.9 Å². The van der Waals surface area contributed by atoms with Gasteiger partial charge in [0.2, 0.25) is 0 Å². The van der Waals surface area contributed by atoms with Crippen LogP contribution in [0.4, 0.5) is 0 Å². The number of nitrogens with one attached hydrogen (secondary N) is 2. The first kappa shape index (κ1) is 14.0. The molecule has 3 atom stereocenters. The Kier molecular flexibility index (Phi) is 3.82. The van der Waals surface area contributed by atoms with E-state index in [0.29, 0.717) is 25.8 Å². The quantitative estimate of drug-likeness (QED) is 0.481. The monoisotopic (exact) mass is 272 g/mol. The third kappa shape index (κ3) is 2.61. The van der Waals surface area contributed by atoms with Gasteiger partial charge in [0.1, 0.15) is 5.41 Å². The second kappa shape index (κ2) is 4.92. The van der Waals surface area contributed by atoms with Crippen LogP contribution in [0.15, 0.2) is 0 Å². The number of aliphatic carboxylic acids is 1. The summed E-state index contributed by atoms with van der Waals surface area (Å²) in [6.07, 6.45) is 0. The predicted molar refractivity (Wildman–Crippen MR) is 72.6 cm³/mol. The molecule has 0 aliphatic carbocycles. The number of fused-ring (bicyclic) bond motifs is 1. The van der Waals surface area contributed by atoms with Crippen LogP contribution in [0.1, 0.15) is 0 Å². The number of ether oxygens (including phenoxy) is 1. The molecule has 0 amide bonds. The summed E-state index contributed by atoms with van der Waals surface area (Å²) in [5.74, 6) is -0.747. The van der Waals surface area contributed by atoms with Crippen molar-refractivity contribution in [3.05, 3.63) is 0 Å². The highest BCUT2D eigenvalue weighted by molar-refractivity contribution is 6.76. The van der Waals surface area contributed by atoms with Crippen molar-refractivity contribution in [1.82, 2.24) is 10.6 Å². The standard InChI is InChI=1S/C12H24N2O3Si/c1-18(2,3)5-4-17-8-12(11(15)16)7-14-9-6-13-10(9)12/h9-10,13-14H,4-8H2,1-3H3,(H,15,16). The first-order chi connectivity index (χ1) is 8.35. The zero-order chi connectivity index (χ0) is 13.4. The Bertz CT molecular complexity index is 332. The van der Waals surface area contributed by atoms with Gasteiger partial charge in [-0.1, -0.05) is 19.6 Å². The van der Waals surface area contributed by atoms with Crippen molar-refractivity contribution in [1.29, 1.82) is 0 Å². The molecule has 2 heterocycles. The van der Waals surface area contributed by atoms with Crippen LogP contribution in [0.3, 0.4) is 0 Å².